The lowest BCUT2D eigenvalue weighted by Crippen LogP contribution is -2.49. The summed E-state index contributed by atoms with van der Waals surface area (Å²) in [6, 6.07) is 7.76. The van der Waals surface area contributed by atoms with Crippen molar-refractivity contribution in [2.45, 2.75) is 31.4 Å². The summed E-state index contributed by atoms with van der Waals surface area (Å²) in [6.07, 6.45) is 1.28. The number of hydrogen-bond acceptors (Lipinski definition) is 3. The van der Waals surface area contributed by atoms with Gasteiger partial charge in [0.15, 0.2) is 0 Å². The van der Waals surface area contributed by atoms with Gasteiger partial charge < -0.3 is 15.6 Å². The first-order valence-electron chi connectivity index (χ1n) is 5.35. The molecule has 0 radical (unpaired) electrons. The van der Waals surface area contributed by atoms with Crippen molar-refractivity contribution >= 4 is 0 Å². The fourth-order valence-corrected chi connectivity index (χ4v) is 2.09. The molecule has 1 aromatic rings. The molecular weight excluding hydrogens is 190 g/mol. The van der Waals surface area contributed by atoms with Gasteiger partial charge in [-0.15, -0.1) is 0 Å². The molecule has 3 nitrogen and oxygen atoms in total. The van der Waals surface area contributed by atoms with E-state index in [1.54, 1.807) is 0 Å². The first-order chi connectivity index (χ1) is 7.14. The normalized spacial score (nSPS) is 29.7. The highest BCUT2D eigenvalue weighted by atomic mass is 16.5. The third-order valence-corrected chi connectivity index (χ3v) is 2.88. The van der Waals surface area contributed by atoms with Gasteiger partial charge in [-0.1, -0.05) is 12.1 Å². The van der Waals surface area contributed by atoms with Crippen LogP contribution in [-0.2, 0) is 5.60 Å². The van der Waals surface area contributed by atoms with E-state index in [0.717, 1.165) is 11.3 Å². The zero-order valence-corrected chi connectivity index (χ0v) is 8.94. The highest BCUT2D eigenvalue weighted by molar-refractivity contribution is 5.34. The molecule has 2 rings (SSSR count). The highest BCUT2D eigenvalue weighted by Crippen LogP contribution is 2.41. The summed E-state index contributed by atoms with van der Waals surface area (Å²) in [7, 11) is 0. The van der Waals surface area contributed by atoms with Crippen LogP contribution in [0.15, 0.2) is 24.3 Å². The van der Waals surface area contributed by atoms with Crippen molar-refractivity contribution in [1.29, 1.82) is 0 Å². The van der Waals surface area contributed by atoms with Gasteiger partial charge in [-0.2, -0.15) is 0 Å². The Morgan fingerprint density at radius 2 is 2.27 bits per heavy atom. The van der Waals surface area contributed by atoms with E-state index < -0.39 is 5.60 Å². The largest absolute Gasteiger partial charge is 0.494 e. The average molecular weight is 207 g/mol. The van der Waals surface area contributed by atoms with E-state index in [-0.39, 0.29) is 6.04 Å². The molecule has 1 aliphatic carbocycles. The van der Waals surface area contributed by atoms with Crippen LogP contribution in [0.3, 0.4) is 0 Å². The van der Waals surface area contributed by atoms with Crippen LogP contribution in [0.5, 0.6) is 5.75 Å². The maximum atomic E-state index is 10.2. The quantitative estimate of drug-likeness (QED) is 0.787. The van der Waals surface area contributed by atoms with E-state index >= 15 is 0 Å². The van der Waals surface area contributed by atoms with Crippen molar-refractivity contribution < 1.29 is 9.84 Å². The minimum absolute atomic E-state index is 0.130. The molecule has 1 fully saturated rings. The van der Waals surface area contributed by atoms with Crippen LogP contribution in [0, 0.1) is 0 Å². The molecule has 0 spiro atoms. The predicted octanol–water partition coefficient (Wildman–Crippen LogP) is 1.39. The van der Waals surface area contributed by atoms with Crippen LogP contribution in [0.2, 0.25) is 0 Å². The molecule has 1 aromatic carbocycles. The number of nitrogens with two attached hydrogens (primary N) is 1. The summed E-state index contributed by atoms with van der Waals surface area (Å²) in [5.41, 5.74) is 5.88. The molecule has 1 saturated carbocycles. The van der Waals surface area contributed by atoms with E-state index in [9.17, 15) is 5.11 Å². The molecule has 0 unspecified atom stereocenters. The first-order valence-corrected chi connectivity index (χ1v) is 5.35. The molecule has 0 bridgehead atoms. The monoisotopic (exact) mass is 207 g/mol. The summed E-state index contributed by atoms with van der Waals surface area (Å²) in [6.45, 7) is 2.59. The second-order valence-corrected chi connectivity index (χ2v) is 4.16. The van der Waals surface area contributed by atoms with E-state index in [1.807, 2.05) is 31.2 Å². The van der Waals surface area contributed by atoms with E-state index in [4.69, 9.17) is 10.5 Å². The van der Waals surface area contributed by atoms with Crippen LogP contribution < -0.4 is 10.5 Å². The molecule has 1 aliphatic rings. The van der Waals surface area contributed by atoms with Crippen LogP contribution in [-0.4, -0.2) is 17.8 Å². The van der Waals surface area contributed by atoms with Gasteiger partial charge >= 0.3 is 0 Å². The fraction of sp³-hybridized carbons (Fsp3) is 0.500. The number of hydrogen-bond donors (Lipinski definition) is 2. The van der Waals surface area contributed by atoms with E-state index in [1.165, 1.54) is 0 Å². The Balaban J connectivity index is 2.18. The summed E-state index contributed by atoms with van der Waals surface area (Å²) in [5.74, 6) is 0.809. The molecule has 82 valence electrons. The van der Waals surface area contributed by atoms with Crippen molar-refractivity contribution in [3.63, 3.8) is 0 Å². The van der Waals surface area contributed by atoms with Crippen molar-refractivity contribution in [2.24, 2.45) is 5.73 Å². The molecule has 0 aromatic heterocycles. The fourth-order valence-electron chi connectivity index (χ4n) is 2.09. The minimum Gasteiger partial charge on any atom is -0.494 e. The van der Waals surface area contributed by atoms with E-state index in [2.05, 4.69) is 0 Å². The number of ether oxygens (including phenoxy) is 1. The number of rotatable bonds is 3. The van der Waals surface area contributed by atoms with Crippen molar-refractivity contribution in [3.05, 3.63) is 29.8 Å². The summed E-state index contributed by atoms with van der Waals surface area (Å²) in [4.78, 5) is 0. The SMILES string of the molecule is CCOc1cccc(C2(O)CC(N)C2)c1. The Morgan fingerprint density at radius 3 is 2.87 bits per heavy atom. The maximum Gasteiger partial charge on any atom is 0.119 e. The number of benzene rings is 1. The third kappa shape index (κ3) is 1.98. The van der Waals surface area contributed by atoms with Crippen LogP contribution in [0.1, 0.15) is 25.3 Å². The van der Waals surface area contributed by atoms with Gasteiger partial charge in [0.05, 0.1) is 12.2 Å². The van der Waals surface area contributed by atoms with Gasteiger partial charge in [0.2, 0.25) is 0 Å². The molecule has 3 heteroatoms. The highest BCUT2D eigenvalue weighted by Gasteiger charge is 2.42. The van der Waals surface area contributed by atoms with Gasteiger partial charge in [-0.05, 0) is 37.5 Å². The first kappa shape index (κ1) is 10.5. The molecule has 0 heterocycles. The summed E-state index contributed by atoms with van der Waals surface area (Å²) >= 11 is 0. The molecular formula is C12H17NO2. The lowest BCUT2D eigenvalue weighted by molar-refractivity contribution is -0.0524. The van der Waals surface area contributed by atoms with Crippen LogP contribution in [0.25, 0.3) is 0 Å². The Kier molecular flexibility index (Phi) is 2.67. The smallest absolute Gasteiger partial charge is 0.119 e. The zero-order valence-electron chi connectivity index (χ0n) is 8.94. The summed E-state index contributed by atoms with van der Waals surface area (Å²) < 4.78 is 5.39. The third-order valence-electron chi connectivity index (χ3n) is 2.88. The minimum atomic E-state index is -0.730. The molecule has 0 atom stereocenters. The molecule has 3 N–H and O–H groups in total. The molecule has 0 aliphatic heterocycles. The van der Waals surface area contributed by atoms with Crippen molar-refractivity contribution in [1.82, 2.24) is 0 Å². The lowest BCUT2D eigenvalue weighted by atomic mass is 9.72. The topological polar surface area (TPSA) is 55.5 Å². The van der Waals surface area contributed by atoms with Gasteiger partial charge in [-0.3, -0.25) is 0 Å². The Hall–Kier alpha value is -1.06. The van der Waals surface area contributed by atoms with Gasteiger partial charge in [-0.25, -0.2) is 0 Å². The Labute approximate surface area is 89.9 Å². The Bertz CT molecular complexity index is 345. The molecule has 0 amide bonds. The van der Waals surface area contributed by atoms with Crippen molar-refractivity contribution in [3.8, 4) is 5.75 Å². The second-order valence-electron chi connectivity index (χ2n) is 4.16. The van der Waals surface area contributed by atoms with Crippen LogP contribution >= 0.6 is 0 Å². The van der Waals surface area contributed by atoms with Crippen molar-refractivity contribution in [2.75, 3.05) is 6.61 Å². The van der Waals surface area contributed by atoms with Gasteiger partial charge in [0, 0.05) is 6.04 Å². The standard InChI is InChI=1S/C12H17NO2/c1-2-15-11-5-3-4-9(6-11)12(14)7-10(13)8-12/h3-6,10,14H,2,7-8,13H2,1H3. The lowest BCUT2D eigenvalue weighted by Gasteiger charge is -2.42. The zero-order chi connectivity index (χ0) is 10.9. The van der Waals surface area contributed by atoms with Gasteiger partial charge in [0.25, 0.3) is 0 Å². The second kappa shape index (κ2) is 3.83. The maximum absolute atomic E-state index is 10.2. The predicted molar refractivity (Wildman–Crippen MR) is 58.7 cm³/mol. The molecule has 0 saturated heterocycles. The average Bonchev–Trinajstić information content (AvgIpc) is 2.17. The van der Waals surface area contributed by atoms with E-state index in [0.29, 0.717) is 19.4 Å². The molecule has 15 heavy (non-hydrogen) atoms. The number of aliphatic hydroxyl groups is 1. The van der Waals surface area contributed by atoms with Gasteiger partial charge in [0.1, 0.15) is 5.75 Å². The summed E-state index contributed by atoms with van der Waals surface area (Å²) in [5, 5.41) is 10.2. The Morgan fingerprint density at radius 1 is 1.53 bits per heavy atom. The van der Waals surface area contributed by atoms with Crippen LogP contribution in [0.4, 0.5) is 0 Å².